The number of nitrogens with zero attached hydrogens (tertiary/aromatic N) is 1. The fourth-order valence-electron chi connectivity index (χ4n) is 1.53. The number of rotatable bonds is 0. The van der Waals surface area contributed by atoms with E-state index in [0.717, 1.165) is 10.8 Å². The highest BCUT2D eigenvalue weighted by Crippen LogP contribution is 2.34. The van der Waals surface area contributed by atoms with Gasteiger partial charge >= 0.3 is 0 Å². The largest absolute Gasteiger partial charge is 0.399 e. The number of nitrogen functional groups attached to an aromatic ring is 2. The van der Waals surface area contributed by atoms with E-state index in [1.807, 2.05) is 12.1 Å². The molecule has 0 radical (unpaired) electrons. The maximum Gasteiger partial charge on any atom is 0.197 e. The van der Waals surface area contributed by atoms with Crippen molar-refractivity contribution in [1.29, 1.82) is 0 Å². The van der Waals surface area contributed by atoms with Gasteiger partial charge in [0.1, 0.15) is 0 Å². The second kappa shape index (κ2) is 2.93. The van der Waals surface area contributed by atoms with Crippen molar-refractivity contribution in [2.75, 3.05) is 11.5 Å². The molecule has 68 valence electrons. The molecule has 2 rings (SSSR count). The van der Waals surface area contributed by atoms with Gasteiger partial charge in [0, 0.05) is 16.8 Å². The fourth-order valence-corrected chi connectivity index (χ4v) is 1.53. The molecule has 0 aliphatic rings. The molecule has 14 heavy (non-hydrogen) atoms. The predicted molar refractivity (Wildman–Crippen MR) is 59.0 cm³/mol. The van der Waals surface area contributed by atoms with Gasteiger partial charge in [-0.1, -0.05) is 18.2 Å². The third-order valence-electron chi connectivity index (χ3n) is 2.21. The van der Waals surface area contributed by atoms with E-state index in [-0.39, 0.29) is 0 Å². The Bertz CT molecular complexity index is 538. The van der Waals surface area contributed by atoms with Crippen LogP contribution in [0.1, 0.15) is 0 Å². The van der Waals surface area contributed by atoms with Crippen molar-refractivity contribution in [3.05, 3.63) is 41.7 Å². The highest BCUT2D eigenvalue weighted by Gasteiger charge is 2.05. The van der Waals surface area contributed by atoms with Gasteiger partial charge in [0.15, 0.2) is 5.69 Å². The molecule has 0 aromatic heterocycles. The highest BCUT2D eigenvalue weighted by molar-refractivity contribution is 6.07. The molecule has 3 nitrogen and oxygen atoms in total. The summed E-state index contributed by atoms with van der Waals surface area (Å²) < 4.78 is 0. The van der Waals surface area contributed by atoms with Crippen LogP contribution in [0.15, 0.2) is 30.3 Å². The number of hydrogen-bond donors (Lipinski definition) is 2. The maximum atomic E-state index is 7.02. The van der Waals surface area contributed by atoms with E-state index in [2.05, 4.69) is 4.85 Å². The molecule has 4 N–H and O–H groups in total. The van der Waals surface area contributed by atoms with Crippen molar-refractivity contribution in [1.82, 2.24) is 0 Å². The van der Waals surface area contributed by atoms with E-state index in [1.54, 1.807) is 18.2 Å². The van der Waals surface area contributed by atoms with Crippen molar-refractivity contribution >= 4 is 27.8 Å². The first-order valence-corrected chi connectivity index (χ1v) is 4.18. The van der Waals surface area contributed by atoms with E-state index < -0.39 is 0 Å². The molecule has 0 amide bonds. The Morgan fingerprint density at radius 1 is 1.00 bits per heavy atom. The maximum absolute atomic E-state index is 7.02. The number of benzene rings is 2. The van der Waals surface area contributed by atoms with E-state index in [9.17, 15) is 0 Å². The van der Waals surface area contributed by atoms with Crippen LogP contribution in [-0.2, 0) is 0 Å². The summed E-state index contributed by atoms with van der Waals surface area (Å²) in [5, 5.41) is 1.60. The van der Waals surface area contributed by atoms with Crippen molar-refractivity contribution in [3.63, 3.8) is 0 Å². The van der Waals surface area contributed by atoms with Gasteiger partial charge < -0.3 is 11.5 Å². The minimum atomic E-state index is 0.548. The Balaban J connectivity index is 3.01. The molecule has 0 bridgehead atoms. The van der Waals surface area contributed by atoms with Crippen LogP contribution in [0.3, 0.4) is 0 Å². The lowest BCUT2D eigenvalue weighted by Crippen LogP contribution is -1.91. The standard InChI is InChI=1S/C11H9N3/c1-14-10-4-2-3-7-8(12)5-6-9(13)11(7)10/h2-6H,12-13H2. The van der Waals surface area contributed by atoms with Crippen LogP contribution in [0.5, 0.6) is 0 Å². The first-order valence-electron chi connectivity index (χ1n) is 4.18. The van der Waals surface area contributed by atoms with E-state index in [4.69, 9.17) is 18.0 Å². The predicted octanol–water partition coefficient (Wildman–Crippen LogP) is 2.55. The molecule has 3 heteroatoms. The summed E-state index contributed by atoms with van der Waals surface area (Å²) in [7, 11) is 0. The zero-order valence-corrected chi connectivity index (χ0v) is 7.49. The van der Waals surface area contributed by atoms with Crippen molar-refractivity contribution in [2.24, 2.45) is 0 Å². The molecule has 0 saturated heterocycles. The zero-order valence-electron chi connectivity index (χ0n) is 7.49. The smallest absolute Gasteiger partial charge is 0.197 e. The van der Waals surface area contributed by atoms with Gasteiger partial charge in [-0.3, -0.25) is 0 Å². The third-order valence-corrected chi connectivity index (χ3v) is 2.21. The minimum absolute atomic E-state index is 0.548. The van der Waals surface area contributed by atoms with Crippen LogP contribution in [0.2, 0.25) is 0 Å². The van der Waals surface area contributed by atoms with Crippen molar-refractivity contribution in [3.8, 4) is 0 Å². The number of anilines is 2. The van der Waals surface area contributed by atoms with E-state index in [1.165, 1.54) is 0 Å². The lowest BCUT2D eigenvalue weighted by atomic mass is 10.1. The quantitative estimate of drug-likeness (QED) is 0.487. The molecule has 0 fully saturated rings. The SMILES string of the molecule is [C-]#[N+]c1cccc2c(N)ccc(N)c12. The van der Waals surface area contributed by atoms with Gasteiger partial charge in [0.2, 0.25) is 0 Å². The van der Waals surface area contributed by atoms with Crippen molar-refractivity contribution in [2.45, 2.75) is 0 Å². The van der Waals surface area contributed by atoms with Crippen molar-refractivity contribution < 1.29 is 0 Å². The third kappa shape index (κ3) is 1.05. The van der Waals surface area contributed by atoms with Crippen LogP contribution in [0, 0.1) is 6.57 Å². The van der Waals surface area contributed by atoms with Gasteiger partial charge in [-0.25, -0.2) is 4.85 Å². The lowest BCUT2D eigenvalue weighted by Gasteiger charge is -2.06. The zero-order chi connectivity index (χ0) is 10.1. The summed E-state index contributed by atoms with van der Waals surface area (Å²) in [5.74, 6) is 0. The second-order valence-corrected chi connectivity index (χ2v) is 3.06. The molecular formula is C11H9N3. The van der Waals surface area contributed by atoms with Crippen LogP contribution < -0.4 is 11.5 Å². The average molecular weight is 183 g/mol. The first-order chi connectivity index (χ1) is 6.74. The summed E-state index contributed by atoms with van der Waals surface area (Å²) >= 11 is 0. The van der Waals surface area contributed by atoms with Crippen LogP contribution >= 0.6 is 0 Å². The molecule has 0 heterocycles. The highest BCUT2D eigenvalue weighted by atomic mass is 14.7. The van der Waals surface area contributed by atoms with E-state index >= 15 is 0 Å². The molecule has 0 aliphatic heterocycles. The van der Waals surface area contributed by atoms with Gasteiger partial charge in [0.25, 0.3) is 0 Å². The molecule has 2 aromatic carbocycles. The molecule has 0 aliphatic carbocycles. The lowest BCUT2D eigenvalue weighted by molar-refractivity contribution is 1.71. The monoisotopic (exact) mass is 183 g/mol. The summed E-state index contributed by atoms with van der Waals surface area (Å²) in [4.78, 5) is 3.42. The first kappa shape index (κ1) is 8.39. The topological polar surface area (TPSA) is 56.4 Å². The summed E-state index contributed by atoms with van der Waals surface area (Å²) in [6.07, 6.45) is 0. The molecule has 2 aromatic rings. The Labute approximate surface area is 81.8 Å². The number of fused-ring (bicyclic) bond motifs is 1. The normalized spacial score (nSPS) is 9.93. The van der Waals surface area contributed by atoms with Crippen LogP contribution in [0.4, 0.5) is 17.1 Å². The fraction of sp³-hybridized carbons (Fsp3) is 0. The minimum Gasteiger partial charge on any atom is -0.399 e. The van der Waals surface area contributed by atoms with Crippen LogP contribution in [-0.4, -0.2) is 0 Å². The summed E-state index contributed by atoms with van der Waals surface area (Å²) in [6, 6.07) is 8.91. The molecule has 0 atom stereocenters. The van der Waals surface area contributed by atoms with Gasteiger partial charge in [-0.2, -0.15) is 0 Å². The average Bonchev–Trinajstić information content (AvgIpc) is 2.23. The van der Waals surface area contributed by atoms with Crippen LogP contribution in [0.25, 0.3) is 15.6 Å². The van der Waals surface area contributed by atoms with Gasteiger partial charge in [-0.15, -0.1) is 0 Å². The van der Waals surface area contributed by atoms with E-state index in [0.29, 0.717) is 17.1 Å². The second-order valence-electron chi connectivity index (χ2n) is 3.06. The number of hydrogen-bond acceptors (Lipinski definition) is 2. The Kier molecular flexibility index (Phi) is 1.76. The Hall–Kier alpha value is -2.21. The van der Waals surface area contributed by atoms with Gasteiger partial charge in [-0.05, 0) is 17.5 Å². The summed E-state index contributed by atoms with van der Waals surface area (Å²) in [5.41, 5.74) is 13.4. The molecule has 0 unspecified atom stereocenters. The molecule has 0 saturated carbocycles. The van der Waals surface area contributed by atoms with Gasteiger partial charge in [0.05, 0.1) is 6.57 Å². The Morgan fingerprint density at radius 3 is 2.43 bits per heavy atom. The number of nitrogens with two attached hydrogens (primary N) is 2. The molecule has 0 spiro atoms. The molecular weight excluding hydrogens is 174 g/mol. The Morgan fingerprint density at radius 2 is 1.71 bits per heavy atom. The summed E-state index contributed by atoms with van der Waals surface area (Å²) in [6.45, 7) is 7.02.